The van der Waals surface area contributed by atoms with Gasteiger partial charge in [-0.3, -0.25) is 4.79 Å². The van der Waals surface area contributed by atoms with Crippen LogP contribution in [0.15, 0.2) is 60.7 Å². The van der Waals surface area contributed by atoms with Crippen molar-refractivity contribution in [1.29, 1.82) is 0 Å². The number of carbonyl (C=O) groups excluding carboxylic acids is 1. The van der Waals surface area contributed by atoms with Gasteiger partial charge in [-0.05, 0) is 60.4 Å². The molecule has 2 N–H and O–H groups in total. The molecule has 3 aromatic rings. The first-order chi connectivity index (χ1) is 18.7. The third kappa shape index (κ3) is 6.34. The van der Waals surface area contributed by atoms with Gasteiger partial charge in [0.2, 0.25) is 0 Å². The number of ether oxygens (including phenoxy) is 1. The lowest BCUT2D eigenvalue weighted by atomic mass is 9.98. The minimum absolute atomic E-state index is 0.0626. The standard InChI is InChI=1S/C30H33ClF3N3O2/c1-3-15-39-28-8-6-5-7-24(28)20-9-12-27(21(16-20)18-35)37-14-13-36(19-23(37)4-2)29(38)25-11-10-22(31)17-26(25)30(32,33)34/h5-12,16-17,23H,3-4,13-15,18-19,35H2,1-2H3/t23-/m1/s1. The fraction of sp³-hybridized carbons (Fsp3) is 0.367. The van der Waals surface area contributed by atoms with Crippen LogP contribution in [0.3, 0.4) is 0 Å². The minimum atomic E-state index is -4.68. The molecule has 0 radical (unpaired) electrons. The number of hydrogen-bond acceptors (Lipinski definition) is 4. The van der Waals surface area contributed by atoms with E-state index in [9.17, 15) is 18.0 Å². The molecule has 9 heteroatoms. The molecule has 0 bridgehead atoms. The molecule has 1 atom stereocenters. The quantitative estimate of drug-likeness (QED) is 0.322. The Morgan fingerprint density at radius 2 is 1.85 bits per heavy atom. The number of amides is 1. The van der Waals surface area contributed by atoms with E-state index in [1.54, 1.807) is 0 Å². The van der Waals surface area contributed by atoms with Gasteiger partial charge in [0.05, 0.1) is 17.7 Å². The molecule has 3 aromatic carbocycles. The molecule has 1 aliphatic rings. The van der Waals surface area contributed by atoms with Crippen molar-refractivity contribution in [3.8, 4) is 16.9 Å². The van der Waals surface area contributed by atoms with Crippen molar-refractivity contribution in [3.63, 3.8) is 0 Å². The number of para-hydroxylation sites is 1. The first kappa shape index (κ1) is 28.8. The maximum atomic E-state index is 13.6. The van der Waals surface area contributed by atoms with Gasteiger partial charge in [-0.2, -0.15) is 13.2 Å². The lowest BCUT2D eigenvalue weighted by Gasteiger charge is -2.43. The molecular weight excluding hydrogens is 527 g/mol. The van der Waals surface area contributed by atoms with Gasteiger partial charge in [0.15, 0.2) is 0 Å². The number of halogens is 4. The normalized spacial score (nSPS) is 15.9. The molecule has 5 nitrogen and oxygen atoms in total. The molecule has 1 fully saturated rings. The molecule has 0 saturated carbocycles. The number of benzene rings is 3. The van der Waals surface area contributed by atoms with Crippen LogP contribution in [-0.2, 0) is 12.7 Å². The van der Waals surface area contributed by atoms with Crippen LogP contribution in [0, 0.1) is 0 Å². The third-order valence-electron chi connectivity index (χ3n) is 7.03. The van der Waals surface area contributed by atoms with Crippen molar-refractivity contribution in [2.75, 3.05) is 31.1 Å². The Labute approximate surface area is 232 Å². The fourth-order valence-electron chi connectivity index (χ4n) is 5.05. The molecule has 0 unspecified atom stereocenters. The second-order valence-corrected chi connectivity index (χ2v) is 10.0. The molecular formula is C30H33ClF3N3O2. The highest BCUT2D eigenvalue weighted by atomic mass is 35.5. The minimum Gasteiger partial charge on any atom is -0.493 e. The highest BCUT2D eigenvalue weighted by molar-refractivity contribution is 6.30. The van der Waals surface area contributed by atoms with Crippen LogP contribution >= 0.6 is 11.6 Å². The second-order valence-electron chi connectivity index (χ2n) is 9.59. The highest BCUT2D eigenvalue weighted by Crippen LogP contribution is 2.37. The molecule has 1 saturated heterocycles. The Kier molecular flexibility index (Phi) is 9.08. The van der Waals surface area contributed by atoms with Crippen LogP contribution in [0.1, 0.15) is 48.2 Å². The summed E-state index contributed by atoms with van der Waals surface area (Å²) >= 11 is 5.81. The number of rotatable bonds is 8. The average molecular weight is 560 g/mol. The smallest absolute Gasteiger partial charge is 0.417 e. The van der Waals surface area contributed by atoms with Crippen LogP contribution in [0.25, 0.3) is 11.1 Å². The molecule has 0 aliphatic carbocycles. The Bertz CT molecular complexity index is 1310. The molecule has 1 aliphatic heterocycles. The van der Waals surface area contributed by atoms with Gasteiger partial charge in [-0.1, -0.05) is 49.7 Å². The number of alkyl halides is 3. The summed E-state index contributed by atoms with van der Waals surface area (Å²) in [4.78, 5) is 17.0. The van der Waals surface area contributed by atoms with Gasteiger partial charge in [-0.25, -0.2) is 0 Å². The topological polar surface area (TPSA) is 58.8 Å². The van der Waals surface area contributed by atoms with Gasteiger partial charge >= 0.3 is 6.18 Å². The Balaban J connectivity index is 1.59. The van der Waals surface area contributed by atoms with E-state index in [1.165, 1.54) is 11.0 Å². The monoisotopic (exact) mass is 559 g/mol. The maximum Gasteiger partial charge on any atom is 0.417 e. The molecule has 1 heterocycles. The summed E-state index contributed by atoms with van der Waals surface area (Å²) in [6, 6.07) is 17.2. The lowest BCUT2D eigenvalue weighted by molar-refractivity contribution is -0.138. The van der Waals surface area contributed by atoms with Crippen LogP contribution < -0.4 is 15.4 Å². The van der Waals surface area contributed by atoms with Gasteiger partial charge in [0.25, 0.3) is 5.91 Å². The first-order valence-corrected chi connectivity index (χ1v) is 13.5. The molecule has 0 aromatic heterocycles. The van der Waals surface area contributed by atoms with Crippen LogP contribution in [0.4, 0.5) is 18.9 Å². The Morgan fingerprint density at radius 3 is 2.54 bits per heavy atom. The van der Waals surface area contributed by atoms with E-state index in [1.807, 2.05) is 43.3 Å². The number of nitrogens with zero attached hydrogens (tertiary/aromatic N) is 2. The number of piperazine rings is 1. The lowest BCUT2D eigenvalue weighted by Crippen LogP contribution is -2.55. The maximum absolute atomic E-state index is 13.6. The zero-order chi connectivity index (χ0) is 28.2. The zero-order valence-electron chi connectivity index (χ0n) is 22.1. The SMILES string of the molecule is CCCOc1ccccc1-c1ccc(N2CCN(C(=O)c3ccc(Cl)cc3C(F)(F)F)C[C@H]2CC)c(CN)c1. The number of carbonyl (C=O) groups is 1. The van der Waals surface area contributed by atoms with Crippen molar-refractivity contribution in [2.24, 2.45) is 5.73 Å². The molecule has 1 amide bonds. The van der Waals surface area contributed by atoms with E-state index < -0.39 is 17.6 Å². The van der Waals surface area contributed by atoms with Gasteiger partial charge in [0.1, 0.15) is 5.75 Å². The number of hydrogen-bond donors (Lipinski definition) is 1. The van der Waals surface area contributed by atoms with E-state index in [-0.39, 0.29) is 23.2 Å². The summed E-state index contributed by atoms with van der Waals surface area (Å²) in [5, 5.41) is -0.0626. The first-order valence-electron chi connectivity index (χ1n) is 13.2. The number of nitrogens with two attached hydrogens (primary N) is 1. The summed E-state index contributed by atoms with van der Waals surface area (Å²) in [7, 11) is 0. The van der Waals surface area contributed by atoms with Gasteiger partial charge in [0, 0.05) is 48.5 Å². The predicted molar refractivity (Wildman–Crippen MR) is 149 cm³/mol. The highest BCUT2D eigenvalue weighted by Gasteiger charge is 2.38. The van der Waals surface area contributed by atoms with Crippen molar-refractivity contribution < 1.29 is 22.7 Å². The molecule has 0 spiro atoms. The zero-order valence-corrected chi connectivity index (χ0v) is 22.9. The summed E-state index contributed by atoms with van der Waals surface area (Å²) in [6.07, 6.45) is -3.07. The van der Waals surface area contributed by atoms with E-state index in [2.05, 4.69) is 17.9 Å². The molecule has 4 rings (SSSR count). The second kappa shape index (κ2) is 12.3. The largest absolute Gasteiger partial charge is 0.493 e. The van der Waals surface area contributed by atoms with E-state index in [0.717, 1.165) is 46.7 Å². The Morgan fingerprint density at radius 1 is 1.08 bits per heavy atom. The number of anilines is 1. The van der Waals surface area contributed by atoms with Crippen LogP contribution in [0.2, 0.25) is 5.02 Å². The van der Waals surface area contributed by atoms with E-state index >= 15 is 0 Å². The fourth-order valence-corrected chi connectivity index (χ4v) is 5.23. The predicted octanol–water partition coefficient (Wildman–Crippen LogP) is 7.01. The van der Waals surface area contributed by atoms with Crippen LogP contribution in [-0.4, -0.2) is 43.1 Å². The van der Waals surface area contributed by atoms with Gasteiger partial charge < -0.3 is 20.3 Å². The van der Waals surface area contributed by atoms with Crippen molar-refractivity contribution >= 4 is 23.2 Å². The third-order valence-corrected chi connectivity index (χ3v) is 7.26. The summed E-state index contributed by atoms with van der Waals surface area (Å²) < 4.78 is 46.9. The van der Waals surface area contributed by atoms with E-state index in [0.29, 0.717) is 32.7 Å². The van der Waals surface area contributed by atoms with Crippen LogP contribution in [0.5, 0.6) is 5.75 Å². The van der Waals surface area contributed by atoms with Crippen molar-refractivity contribution in [2.45, 2.75) is 45.5 Å². The Hall–Kier alpha value is -3.23. The summed E-state index contributed by atoms with van der Waals surface area (Å²) in [6.45, 7) is 6.07. The summed E-state index contributed by atoms with van der Waals surface area (Å²) in [5.41, 5.74) is 8.69. The summed E-state index contributed by atoms with van der Waals surface area (Å²) in [5.74, 6) is 0.171. The average Bonchev–Trinajstić information content (AvgIpc) is 2.94. The van der Waals surface area contributed by atoms with Crippen molar-refractivity contribution in [3.05, 3.63) is 82.4 Å². The molecule has 39 heavy (non-hydrogen) atoms. The van der Waals surface area contributed by atoms with E-state index in [4.69, 9.17) is 22.1 Å². The molecule has 208 valence electrons. The van der Waals surface area contributed by atoms with Crippen molar-refractivity contribution in [1.82, 2.24) is 4.90 Å². The van der Waals surface area contributed by atoms with Gasteiger partial charge in [-0.15, -0.1) is 0 Å².